The van der Waals surface area contributed by atoms with E-state index in [1.165, 1.54) is 17.8 Å². The van der Waals surface area contributed by atoms with E-state index in [9.17, 15) is 9.59 Å². The van der Waals surface area contributed by atoms with Crippen molar-refractivity contribution in [1.29, 1.82) is 0 Å². The Morgan fingerprint density at radius 3 is 2.81 bits per heavy atom. The molecule has 0 aliphatic carbocycles. The van der Waals surface area contributed by atoms with E-state index in [4.69, 9.17) is 11.6 Å². The number of H-pyrrole nitrogens is 1. The summed E-state index contributed by atoms with van der Waals surface area (Å²) in [7, 11) is 0. The smallest absolute Gasteiger partial charge is 0.266 e. The molecular formula is C19H18ClN5O2. The van der Waals surface area contributed by atoms with Crippen molar-refractivity contribution in [2.75, 3.05) is 6.54 Å². The van der Waals surface area contributed by atoms with Crippen molar-refractivity contribution in [1.82, 2.24) is 24.6 Å². The van der Waals surface area contributed by atoms with E-state index in [-0.39, 0.29) is 17.0 Å². The SMILES string of the molecule is C[C@H]1CN(C(=O)c2c[nH]c(=O)c(Cl)c2)Cc2nnc(Cc3ccccc3)n21. The van der Waals surface area contributed by atoms with Crippen LogP contribution < -0.4 is 5.56 Å². The molecule has 0 saturated heterocycles. The van der Waals surface area contributed by atoms with Gasteiger partial charge in [0, 0.05) is 19.2 Å². The second kappa shape index (κ2) is 7.00. The largest absolute Gasteiger partial charge is 0.329 e. The summed E-state index contributed by atoms with van der Waals surface area (Å²) in [5, 5.41) is 8.64. The van der Waals surface area contributed by atoms with Crippen LogP contribution in [0.3, 0.4) is 0 Å². The maximum atomic E-state index is 12.8. The van der Waals surface area contributed by atoms with Gasteiger partial charge in [-0.2, -0.15) is 0 Å². The van der Waals surface area contributed by atoms with Gasteiger partial charge in [0.05, 0.1) is 18.2 Å². The number of pyridine rings is 1. The van der Waals surface area contributed by atoms with Crippen LogP contribution in [0.2, 0.25) is 5.02 Å². The Kier molecular flexibility index (Phi) is 4.53. The molecule has 1 N–H and O–H groups in total. The van der Waals surface area contributed by atoms with Crippen LogP contribution in [0, 0.1) is 0 Å². The van der Waals surface area contributed by atoms with Crippen LogP contribution in [0.4, 0.5) is 0 Å². The van der Waals surface area contributed by atoms with Crippen molar-refractivity contribution in [3.8, 4) is 0 Å². The van der Waals surface area contributed by atoms with Crippen molar-refractivity contribution in [3.05, 3.63) is 80.7 Å². The van der Waals surface area contributed by atoms with Crippen molar-refractivity contribution < 1.29 is 4.79 Å². The number of nitrogens with zero attached hydrogens (tertiary/aromatic N) is 4. The minimum absolute atomic E-state index is 0.000720. The summed E-state index contributed by atoms with van der Waals surface area (Å²) in [6.45, 7) is 2.94. The zero-order valence-electron chi connectivity index (χ0n) is 14.7. The summed E-state index contributed by atoms with van der Waals surface area (Å²) >= 11 is 5.85. The third kappa shape index (κ3) is 3.38. The summed E-state index contributed by atoms with van der Waals surface area (Å²) in [4.78, 5) is 28.4. The fourth-order valence-corrected chi connectivity index (χ4v) is 3.60. The average molecular weight is 384 g/mol. The molecule has 3 heterocycles. The monoisotopic (exact) mass is 383 g/mol. The van der Waals surface area contributed by atoms with E-state index in [1.807, 2.05) is 25.1 Å². The number of hydrogen-bond donors (Lipinski definition) is 1. The second-order valence-corrected chi connectivity index (χ2v) is 7.07. The quantitative estimate of drug-likeness (QED) is 0.752. The van der Waals surface area contributed by atoms with E-state index >= 15 is 0 Å². The number of aromatic nitrogens is 4. The van der Waals surface area contributed by atoms with Gasteiger partial charge in [0.1, 0.15) is 10.8 Å². The van der Waals surface area contributed by atoms with Crippen LogP contribution in [0.5, 0.6) is 0 Å². The average Bonchev–Trinajstić information content (AvgIpc) is 3.07. The zero-order valence-corrected chi connectivity index (χ0v) is 15.5. The summed E-state index contributed by atoms with van der Waals surface area (Å²) in [6.07, 6.45) is 2.09. The van der Waals surface area contributed by atoms with Gasteiger partial charge in [0.15, 0.2) is 5.82 Å². The van der Waals surface area contributed by atoms with Crippen molar-refractivity contribution in [2.45, 2.75) is 25.9 Å². The number of fused-ring (bicyclic) bond motifs is 1. The number of nitrogens with one attached hydrogen (secondary N) is 1. The van der Waals surface area contributed by atoms with Gasteiger partial charge < -0.3 is 14.5 Å². The lowest BCUT2D eigenvalue weighted by Crippen LogP contribution is -2.41. The summed E-state index contributed by atoms with van der Waals surface area (Å²) in [6, 6.07) is 11.6. The number of aromatic amines is 1. The number of halogens is 1. The number of carbonyl (C=O) groups excluding carboxylic acids is 1. The predicted molar refractivity (Wildman–Crippen MR) is 101 cm³/mol. The maximum Gasteiger partial charge on any atom is 0.266 e. The van der Waals surface area contributed by atoms with Crippen LogP contribution >= 0.6 is 11.6 Å². The molecule has 0 unspecified atom stereocenters. The minimum atomic E-state index is -0.412. The van der Waals surface area contributed by atoms with Crippen molar-refractivity contribution >= 4 is 17.5 Å². The third-order valence-corrected chi connectivity index (χ3v) is 4.97. The van der Waals surface area contributed by atoms with Gasteiger partial charge in [0.25, 0.3) is 11.5 Å². The standard InChI is InChI=1S/C19H18ClN5O2/c1-12-10-24(19(27)14-8-15(20)18(26)21-9-14)11-17-23-22-16(25(12)17)7-13-5-3-2-4-6-13/h2-6,8-9,12H,7,10-11H2,1H3,(H,21,26)/t12-/m0/s1. The topological polar surface area (TPSA) is 83.9 Å². The molecule has 1 atom stereocenters. The highest BCUT2D eigenvalue weighted by Crippen LogP contribution is 2.24. The highest BCUT2D eigenvalue weighted by molar-refractivity contribution is 6.30. The number of hydrogen-bond acceptors (Lipinski definition) is 4. The third-order valence-electron chi connectivity index (χ3n) is 4.69. The number of carbonyl (C=O) groups is 1. The van der Waals surface area contributed by atoms with E-state index < -0.39 is 5.56 Å². The molecule has 1 amide bonds. The molecule has 27 heavy (non-hydrogen) atoms. The Morgan fingerprint density at radius 2 is 2.07 bits per heavy atom. The van der Waals surface area contributed by atoms with E-state index in [1.54, 1.807) is 4.90 Å². The molecule has 1 aliphatic rings. The molecule has 7 nitrogen and oxygen atoms in total. The molecule has 0 fully saturated rings. The Morgan fingerprint density at radius 1 is 1.30 bits per heavy atom. The van der Waals surface area contributed by atoms with E-state index in [0.29, 0.717) is 25.1 Å². The Labute approximate surface area is 160 Å². The fourth-order valence-electron chi connectivity index (χ4n) is 3.43. The van der Waals surface area contributed by atoms with E-state index in [0.717, 1.165) is 11.6 Å². The van der Waals surface area contributed by atoms with Gasteiger partial charge in [-0.15, -0.1) is 10.2 Å². The molecular weight excluding hydrogens is 366 g/mol. The van der Waals surface area contributed by atoms with Gasteiger partial charge in [-0.3, -0.25) is 9.59 Å². The van der Waals surface area contributed by atoms with Crippen LogP contribution in [-0.2, 0) is 13.0 Å². The zero-order chi connectivity index (χ0) is 19.0. The van der Waals surface area contributed by atoms with Gasteiger partial charge in [-0.05, 0) is 18.6 Å². The molecule has 0 bridgehead atoms. The lowest BCUT2D eigenvalue weighted by molar-refractivity contribution is 0.0679. The number of benzene rings is 1. The first-order valence-corrected chi connectivity index (χ1v) is 9.05. The van der Waals surface area contributed by atoms with Gasteiger partial charge in [0.2, 0.25) is 0 Å². The first-order chi connectivity index (χ1) is 13.0. The molecule has 138 valence electrons. The molecule has 0 radical (unpaired) electrons. The summed E-state index contributed by atoms with van der Waals surface area (Å²) < 4.78 is 2.11. The summed E-state index contributed by atoms with van der Waals surface area (Å²) in [5.74, 6) is 1.45. The molecule has 1 aliphatic heterocycles. The molecule has 2 aromatic heterocycles. The Balaban J connectivity index is 1.58. The van der Waals surface area contributed by atoms with Gasteiger partial charge in [-0.1, -0.05) is 41.9 Å². The lowest BCUT2D eigenvalue weighted by atomic mass is 10.1. The molecule has 0 spiro atoms. The first kappa shape index (κ1) is 17.5. The number of rotatable bonds is 3. The van der Waals surface area contributed by atoms with Gasteiger partial charge >= 0.3 is 0 Å². The maximum absolute atomic E-state index is 12.8. The fraction of sp³-hybridized carbons (Fsp3) is 0.263. The highest BCUT2D eigenvalue weighted by atomic mass is 35.5. The number of amides is 1. The van der Waals surface area contributed by atoms with Crippen LogP contribution in [0.1, 0.15) is 40.5 Å². The molecule has 1 aromatic carbocycles. The van der Waals surface area contributed by atoms with E-state index in [2.05, 4.69) is 31.9 Å². The van der Waals surface area contributed by atoms with Crippen molar-refractivity contribution in [3.63, 3.8) is 0 Å². The van der Waals surface area contributed by atoms with Gasteiger partial charge in [-0.25, -0.2) is 0 Å². The van der Waals surface area contributed by atoms with Crippen LogP contribution in [-0.4, -0.2) is 37.1 Å². The lowest BCUT2D eigenvalue weighted by Gasteiger charge is -2.32. The second-order valence-electron chi connectivity index (χ2n) is 6.66. The Bertz CT molecular complexity index is 1040. The van der Waals surface area contributed by atoms with Crippen LogP contribution in [0.15, 0.2) is 47.4 Å². The molecule has 8 heteroatoms. The predicted octanol–water partition coefficient (Wildman–Crippen LogP) is 2.43. The normalized spacial score (nSPS) is 16.2. The molecule has 3 aromatic rings. The first-order valence-electron chi connectivity index (χ1n) is 8.67. The van der Waals surface area contributed by atoms with Crippen molar-refractivity contribution in [2.24, 2.45) is 0 Å². The molecule has 4 rings (SSSR count). The van der Waals surface area contributed by atoms with Crippen LogP contribution in [0.25, 0.3) is 0 Å². The summed E-state index contributed by atoms with van der Waals surface area (Å²) in [5.41, 5.74) is 1.11. The highest BCUT2D eigenvalue weighted by Gasteiger charge is 2.29. The Hall–Kier alpha value is -2.93. The minimum Gasteiger partial charge on any atom is -0.329 e. The molecule has 0 saturated carbocycles.